The first-order valence-corrected chi connectivity index (χ1v) is 5.18. The van der Waals surface area contributed by atoms with E-state index in [0.717, 1.165) is 16.7 Å². The van der Waals surface area contributed by atoms with Gasteiger partial charge in [-0.3, -0.25) is 0 Å². The summed E-state index contributed by atoms with van der Waals surface area (Å²) in [7, 11) is 0. The Kier molecular flexibility index (Phi) is 2.91. The van der Waals surface area contributed by atoms with Gasteiger partial charge in [0.2, 0.25) is 0 Å². The minimum absolute atomic E-state index is 0.239. The monoisotopic (exact) mass is 230 g/mol. The van der Waals surface area contributed by atoms with E-state index in [9.17, 15) is 9.18 Å². The molecule has 86 valence electrons. The molecule has 2 rings (SSSR count). The molecule has 0 fully saturated rings. The van der Waals surface area contributed by atoms with Crippen LogP contribution in [0, 0.1) is 12.7 Å². The molecular formula is C14H11FO2. The molecule has 17 heavy (non-hydrogen) atoms. The van der Waals surface area contributed by atoms with Gasteiger partial charge >= 0.3 is 5.97 Å². The summed E-state index contributed by atoms with van der Waals surface area (Å²) in [6, 6.07) is 11.1. The second-order valence-electron chi connectivity index (χ2n) is 3.85. The Hall–Kier alpha value is -2.16. The summed E-state index contributed by atoms with van der Waals surface area (Å²) < 4.78 is 13.1. The lowest BCUT2D eigenvalue weighted by Crippen LogP contribution is -1.97. The van der Waals surface area contributed by atoms with Crippen molar-refractivity contribution in [3.63, 3.8) is 0 Å². The number of aromatic carboxylic acids is 1. The number of carboxylic acids is 1. The van der Waals surface area contributed by atoms with Crippen molar-refractivity contribution < 1.29 is 14.3 Å². The molecular weight excluding hydrogens is 219 g/mol. The molecule has 0 aliphatic rings. The molecule has 0 bridgehead atoms. The van der Waals surface area contributed by atoms with E-state index in [4.69, 9.17) is 5.11 Å². The Labute approximate surface area is 98.3 Å². The highest BCUT2D eigenvalue weighted by atomic mass is 19.1. The third kappa shape index (κ3) is 2.33. The number of halogens is 1. The van der Waals surface area contributed by atoms with Crippen molar-refractivity contribution in [2.45, 2.75) is 6.92 Å². The van der Waals surface area contributed by atoms with Crippen molar-refractivity contribution in [1.29, 1.82) is 0 Å². The molecule has 0 amide bonds. The zero-order chi connectivity index (χ0) is 12.4. The van der Waals surface area contributed by atoms with Crippen molar-refractivity contribution in [3.8, 4) is 11.1 Å². The number of benzene rings is 2. The zero-order valence-corrected chi connectivity index (χ0v) is 9.27. The number of hydrogen-bond acceptors (Lipinski definition) is 1. The van der Waals surface area contributed by atoms with E-state index in [1.807, 2.05) is 6.92 Å². The molecule has 2 aromatic rings. The maximum Gasteiger partial charge on any atom is 0.335 e. The van der Waals surface area contributed by atoms with Crippen LogP contribution in [0.25, 0.3) is 11.1 Å². The first-order chi connectivity index (χ1) is 8.08. The van der Waals surface area contributed by atoms with Crippen molar-refractivity contribution in [1.82, 2.24) is 0 Å². The minimum atomic E-state index is -0.959. The van der Waals surface area contributed by atoms with E-state index in [1.54, 1.807) is 24.3 Å². The normalized spacial score (nSPS) is 10.2. The average Bonchev–Trinajstić information content (AvgIpc) is 2.28. The number of aryl methyl sites for hydroxylation is 1. The van der Waals surface area contributed by atoms with Crippen LogP contribution in [0.3, 0.4) is 0 Å². The lowest BCUT2D eigenvalue weighted by molar-refractivity contribution is 0.0697. The molecule has 0 aliphatic carbocycles. The Morgan fingerprint density at radius 1 is 1.18 bits per heavy atom. The van der Waals surface area contributed by atoms with Gasteiger partial charge in [-0.2, -0.15) is 0 Å². The summed E-state index contributed by atoms with van der Waals surface area (Å²) in [5.41, 5.74) is 2.65. The van der Waals surface area contributed by atoms with Crippen LogP contribution >= 0.6 is 0 Å². The maximum atomic E-state index is 13.1. The van der Waals surface area contributed by atoms with Crippen LogP contribution in [0.15, 0.2) is 42.5 Å². The molecule has 0 heterocycles. The molecule has 0 saturated carbocycles. The van der Waals surface area contributed by atoms with E-state index in [1.165, 1.54) is 18.2 Å². The highest BCUT2D eigenvalue weighted by Crippen LogP contribution is 2.24. The zero-order valence-electron chi connectivity index (χ0n) is 9.27. The van der Waals surface area contributed by atoms with Crippen LogP contribution in [0.4, 0.5) is 4.39 Å². The SMILES string of the molecule is Cc1cc(C(=O)O)ccc1-c1cccc(F)c1. The van der Waals surface area contributed by atoms with Crippen molar-refractivity contribution in [2.24, 2.45) is 0 Å². The first-order valence-electron chi connectivity index (χ1n) is 5.18. The van der Waals surface area contributed by atoms with Gasteiger partial charge < -0.3 is 5.11 Å². The summed E-state index contributed by atoms with van der Waals surface area (Å²) in [6.45, 7) is 1.81. The van der Waals surface area contributed by atoms with Crippen LogP contribution in [-0.4, -0.2) is 11.1 Å². The van der Waals surface area contributed by atoms with E-state index in [-0.39, 0.29) is 11.4 Å². The molecule has 0 saturated heterocycles. The molecule has 0 unspecified atom stereocenters. The van der Waals surface area contributed by atoms with E-state index < -0.39 is 5.97 Å². The predicted molar refractivity (Wildman–Crippen MR) is 63.5 cm³/mol. The van der Waals surface area contributed by atoms with Crippen molar-refractivity contribution in [2.75, 3.05) is 0 Å². The molecule has 0 atom stereocenters. The third-order valence-electron chi connectivity index (χ3n) is 2.61. The van der Waals surface area contributed by atoms with Gasteiger partial charge in [0, 0.05) is 0 Å². The molecule has 0 radical (unpaired) electrons. The molecule has 0 spiro atoms. The summed E-state index contributed by atoms with van der Waals surface area (Å²) in [4.78, 5) is 10.8. The van der Waals surface area contributed by atoms with E-state index in [0.29, 0.717) is 0 Å². The van der Waals surface area contributed by atoms with Crippen LogP contribution in [0.5, 0.6) is 0 Å². The Morgan fingerprint density at radius 3 is 2.53 bits per heavy atom. The fraction of sp³-hybridized carbons (Fsp3) is 0.0714. The van der Waals surface area contributed by atoms with Gasteiger partial charge in [-0.25, -0.2) is 9.18 Å². The highest BCUT2D eigenvalue weighted by Gasteiger charge is 2.07. The minimum Gasteiger partial charge on any atom is -0.478 e. The summed E-state index contributed by atoms with van der Waals surface area (Å²) in [5, 5.41) is 8.85. The molecule has 0 aromatic heterocycles. The van der Waals surface area contributed by atoms with Crippen molar-refractivity contribution in [3.05, 3.63) is 59.4 Å². The first kappa shape index (κ1) is 11.3. The van der Waals surface area contributed by atoms with Crippen LogP contribution in [0.1, 0.15) is 15.9 Å². The van der Waals surface area contributed by atoms with Crippen LogP contribution in [-0.2, 0) is 0 Å². The second kappa shape index (κ2) is 4.37. The number of rotatable bonds is 2. The second-order valence-corrected chi connectivity index (χ2v) is 3.85. The lowest BCUT2D eigenvalue weighted by Gasteiger charge is -2.07. The molecule has 2 aromatic carbocycles. The van der Waals surface area contributed by atoms with E-state index >= 15 is 0 Å². The fourth-order valence-electron chi connectivity index (χ4n) is 1.78. The summed E-state index contributed by atoms with van der Waals surface area (Å²) >= 11 is 0. The maximum absolute atomic E-state index is 13.1. The standard InChI is InChI=1S/C14H11FO2/c1-9-7-11(14(16)17)5-6-13(9)10-3-2-4-12(15)8-10/h2-8H,1H3,(H,16,17). The van der Waals surface area contributed by atoms with Gasteiger partial charge in [0.25, 0.3) is 0 Å². The van der Waals surface area contributed by atoms with E-state index in [2.05, 4.69) is 0 Å². The van der Waals surface area contributed by atoms with Crippen molar-refractivity contribution >= 4 is 5.97 Å². The Morgan fingerprint density at radius 2 is 1.94 bits per heavy atom. The molecule has 2 nitrogen and oxygen atoms in total. The van der Waals surface area contributed by atoms with Gasteiger partial charge in [0.15, 0.2) is 0 Å². The number of hydrogen-bond donors (Lipinski definition) is 1. The predicted octanol–water partition coefficient (Wildman–Crippen LogP) is 3.50. The Balaban J connectivity index is 2.50. The van der Waals surface area contributed by atoms with Gasteiger partial charge in [0.1, 0.15) is 5.82 Å². The molecule has 0 aliphatic heterocycles. The quantitative estimate of drug-likeness (QED) is 0.857. The highest BCUT2D eigenvalue weighted by molar-refractivity contribution is 5.89. The van der Waals surface area contributed by atoms with Gasteiger partial charge in [-0.1, -0.05) is 18.2 Å². The summed E-state index contributed by atoms with van der Waals surface area (Å²) in [6.07, 6.45) is 0. The third-order valence-corrected chi connectivity index (χ3v) is 2.61. The van der Waals surface area contributed by atoms with Gasteiger partial charge in [-0.05, 0) is 47.9 Å². The fourth-order valence-corrected chi connectivity index (χ4v) is 1.78. The Bertz CT molecular complexity index is 576. The summed E-state index contributed by atoms with van der Waals surface area (Å²) in [5.74, 6) is -1.26. The van der Waals surface area contributed by atoms with Crippen LogP contribution in [0.2, 0.25) is 0 Å². The van der Waals surface area contributed by atoms with Gasteiger partial charge in [0.05, 0.1) is 5.56 Å². The van der Waals surface area contributed by atoms with Gasteiger partial charge in [-0.15, -0.1) is 0 Å². The average molecular weight is 230 g/mol. The lowest BCUT2D eigenvalue weighted by atomic mass is 9.98. The van der Waals surface area contributed by atoms with Crippen LogP contribution < -0.4 is 0 Å². The molecule has 3 heteroatoms. The topological polar surface area (TPSA) is 37.3 Å². The molecule has 1 N–H and O–H groups in total. The number of carbonyl (C=O) groups is 1. The largest absolute Gasteiger partial charge is 0.478 e. The smallest absolute Gasteiger partial charge is 0.335 e. The number of carboxylic acid groups (broad SMARTS) is 1.